The van der Waals surface area contributed by atoms with Crippen LogP contribution in [0.5, 0.6) is 5.75 Å². The molecule has 3 aromatic rings. The summed E-state index contributed by atoms with van der Waals surface area (Å²) in [7, 11) is 1.32. The number of hydrogen-bond acceptors (Lipinski definition) is 5. The summed E-state index contributed by atoms with van der Waals surface area (Å²) in [4.78, 5) is 26.4. The lowest BCUT2D eigenvalue weighted by molar-refractivity contribution is -0.122. The molecule has 0 spiro atoms. The third-order valence-electron chi connectivity index (χ3n) is 4.94. The number of ether oxygens (including phenoxy) is 2. The fraction of sp³-hybridized carbons (Fsp3) is 0.250. The summed E-state index contributed by atoms with van der Waals surface area (Å²) < 4.78 is 11.8. The van der Waals surface area contributed by atoms with Crippen LogP contribution in [-0.4, -0.2) is 25.1 Å². The van der Waals surface area contributed by atoms with Crippen LogP contribution in [0.1, 0.15) is 33.3 Å². The molecule has 168 valence electrons. The molecule has 2 aromatic carbocycles. The van der Waals surface area contributed by atoms with Gasteiger partial charge in [-0.25, -0.2) is 4.79 Å². The summed E-state index contributed by atoms with van der Waals surface area (Å²) in [5.41, 5.74) is 3.67. The standard InChI is InChI=1S/C24H23BrClNO4S/c1-12-10-18(11-13(2)21(12)26)31-14(3)22(28)27-23-20(24(29)30-5)19(15(4)32-23)16-6-8-17(25)9-7-16/h6-11,14H,1-5H3,(H,27,28). The number of esters is 1. The second kappa shape index (κ2) is 10.1. The molecule has 0 fully saturated rings. The zero-order valence-electron chi connectivity index (χ0n) is 18.3. The van der Waals surface area contributed by atoms with Crippen molar-refractivity contribution in [2.24, 2.45) is 0 Å². The average Bonchev–Trinajstić information content (AvgIpc) is 3.07. The Kier molecular flexibility index (Phi) is 7.64. The first-order valence-electron chi connectivity index (χ1n) is 9.84. The number of aryl methyl sites for hydroxylation is 3. The quantitative estimate of drug-likeness (QED) is 0.346. The second-order valence-electron chi connectivity index (χ2n) is 7.36. The number of benzene rings is 2. The van der Waals surface area contributed by atoms with Crippen molar-refractivity contribution in [3.8, 4) is 16.9 Å². The van der Waals surface area contributed by atoms with Gasteiger partial charge < -0.3 is 14.8 Å². The fourth-order valence-electron chi connectivity index (χ4n) is 3.34. The number of amides is 1. The number of rotatable bonds is 6. The summed E-state index contributed by atoms with van der Waals surface area (Å²) in [6.45, 7) is 7.33. The summed E-state index contributed by atoms with van der Waals surface area (Å²) in [6.07, 6.45) is -0.793. The van der Waals surface area contributed by atoms with Crippen molar-refractivity contribution in [1.82, 2.24) is 0 Å². The first kappa shape index (κ1) is 24.3. The minimum Gasteiger partial charge on any atom is -0.481 e. The lowest BCUT2D eigenvalue weighted by atomic mass is 10.0. The smallest absolute Gasteiger partial charge is 0.341 e. The molecule has 3 rings (SSSR count). The Balaban J connectivity index is 1.89. The van der Waals surface area contributed by atoms with Crippen LogP contribution in [0.15, 0.2) is 40.9 Å². The number of anilines is 1. The minimum atomic E-state index is -0.793. The molecule has 0 bridgehead atoms. The molecule has 5 nitrogen and oxygen atoms in total. The molecule has 0 saturated carbocycles. The van der Waals surface area contributed by atoms with Crippen LogP contribution in [0.4, 0.5) is 5.00 Å². The maximum absolute atomic E-state index is 12.9. The predicted octanol–water partition coefficient (Wildman–Crippen LogP) is 6.95. The second-order valence-corrected chi connectivity index (χ2v) is 9.87. The Morgan fingerprint density at radius 1 is 1.09 bits per heavy atom. The Bertz CT molecular complexity index is 1150. The van der Waals surface area contributed by atoms with Crippen LogP contribution in [0.3, 0.4) is 0 Å². The van der Waals surface area contributed by atoms with Gasteiger partial charge in [0.05, 0.1) is 7.11 Å². The number of carbonyl (C=O) groups is 2. The van der Waals surface area contributed by atoms with E-state index in [1.807, 2.05) is 45.0 Å². The monoisotopic (exact) mass is 535 g/mol. The van der Waals surface area contributed by atoms with E-state index in [9.17, 15) is 9.59 Å². The third-order valence-corrected chi connectivity index (χ3v) is 7.08. The van der Waals surface area contributed by atoms with E-state index in [2.05, 4.69) is 21.2 Å². The van der Waals surface area contributed by atoms with E-state index in [-0.39, 0.29) is 5.91 Å². The van der Waals surface area contributed by atoms with Gasteiger partial charge in [-0.3, -0.25) is 4.79 Å². The molecule has 0 aliphatic rings. The van der Waals surface area contributed by atoms with Gasteiger partial charge in [0.1, 0.15) is 16.3 Å². The van der Waals surface area contributed by atoms with Gasteiger partial charge in [0.25, 0.3) is 5.91 Å². The largest absolute Gasteiger partial charge is 0.481 e. The van der Waals surface area contributed by atoms with Crippen molar-refractivity contribution in [2.75, 3.05) is 12.4 Å². The number of halogens is 2. The summed E-state index contributed by atoms with van der Waals surface area (Å²) >= 11 is 11.0. The van der Waals surface area contributed by atoms with Crippen molar-refractivity contribution in [2.45, 2.75) is 33.8 Å². The average molecular weight is 537 g/mol. The molecule has 0 aliphatic heterocycles. The Morgan fingerprint density at radius 3 is 2.25 bits per heavy atom. The molecule has 0 aliphatic carbocycles. The summed E-state index contributed by atoms with van der Waals surface area (Å²) in [6, 6.07) is 11.2. The molecule has 32 heavy (non-hydrogen) atoms. The van der Waals surface area contributed by atoms with Gasteiger partial charge in [-0.2, -0.15) is 0 Å². The molecule has 1 aromatic heterocycles. The molecule has 1 atom stereocenters. The molecule has 0 radical (unpaired) electrons. The molecule has 1 heterocycles. The van der Waals surface area contributed by atoms with Gasteiger partial charge in [-0.05, 0) is 68.7 Å². The van der Waals surface area contributed by atoms with Gasteiger partial charge in [0.15, 0.2) is 6.10 Å². The number of nitrogens with one attached hydrogen (secondary N) is 1. The highest BCUT2D eigenvalue weighted by Gasteiger charge is 2.26. The van der Waals surface area contributed by atoms with Gasteiger partial charge in [0, 0.05) is 19.9 Å². The van der Waals surface area contributed by atoms with Crippen LogP contribution in [0.2, 0.25) is 5.02 Å². The van der Waals surface area contributed by atoms with Crippen LogP contribution in [0.25, 0.3) is 11.1 Å². The van der Waals surface area contributed by atoms with Crippen molar-refractivity contribution in [3.63, 3.8) is 0 Å². The maximum atomic E-state index is 12.9. The van der Waals surface area contributed by atoms with Gasteiger partial charge in [-0.15, -0.1) is 11.3 Å². The van der Waals surface area contributed by atoms with Crippen molar-refractivity contribution in [1.29, 1.82) is 0 Å². The SMILES string of the molecule is COC(=O)c1c(NC(=O)C(C)Oc2cc(C)c(Cl)c(C)c2)sc(C)c1-c1ccc(Br)cc1. The van der Waals surface area contributed by atoms with E-state index in [0.717, 1.165) is 31.6 Å². The topological polar surface area (TPSA) is 64.6 Å². The number of methoxy groups -OCH3 is 1. The maximum Gasteiger partial charge on any atom is 0.341 e. The number of hydrogen-bond donors (Lipinski definition) is 1. The zero-order valence-corrected chi connectivity index (χ0v) is 21.5. The lowest BCUT2D eigenvalue weighted by Crippen LogP contribution is -2.30. The molecular weight excluding hydrogens is 514 g/mol. The minimum absolute atomic E-state index is 0.330. The van der Waals surface area contributed by atoms with Gasteiger partial charge in [0.2, 0.25) is 0 Å². The van der Waals surface area contributed by atoms with E-state index in [0.29, 0.717) is 21.3 Å². The Morgan fingerprint density at radius 2 is 1.69 bits per heavy atom. The van der Waals surface area contributed by atoms with E-state index in [1.54, 1.807) is 19.1 Å². The van der Waals surface area contributed by atoms with Gasteiger partial charge in [-0.1, -0.05) is 39.7 Å². The predicted molar refractivity (Wildman–Crippen MR) is 133 cm³/mol. The molecule has 1 amide bonds. The molecular formula is C24H23BrClNO4S. The normalized spacial score (nSPS) is 11.7. The van der Waals surface area contributed by atoms with E-state index in [1.165, 1.54) is 18.4 Å². The highest BCUT2D eigenvalue weighted by atomic mass is 79.9. The van der Waals surface area contributed by atoms with Crippen LogP contribution in [0, 0.1) is 20.8 Å². The molecule has 1 unspecified atom stereocenters. The highest BCUT2D eigenvalue weighted by Crippen LogP contribution is 2.40. The van der Waals surface area contributed by atoms with Crippen LogP contribution >= 0.6 is 38.9 Å². The molecule has 8 heteroatoms. The highest BCUT2D eigenvalue weighted by molar-refractivity contribution is 9.10. The van der Waals surface area contributed by atoms with Crippen molar-refractivity contribution < 1.29 is 19.1 Å². The van der Waals surface area contributed by atoms with E-state index < -0.39 is 12.1 Å². The first-order chi connectivity index (χ1) is 15.1. The number of carbonyl (C=O) groups excluding carboxylic acids is 2. The summed E-state index contributed by atoms with van der Waals surface area (Å²) in [5, 5.41) is 3.95. The first-order valence-corrected chi connectivity index (χ1v) is 11.8. The van der Waals surface area contributed by atoms with Crippen molar-refractivity contribution in [3.05, 3.63) is 67.5 Å². The Hall–Kier alpha value is -2.35. The molecule has 1 N–H and O–H groups in total. The van der Waals surface area contributed by atoms with Crippen LogP contribution in [-0.2, 0) is 9.53 Å². The van der Waals surface area contributed by atoms with Crippen molar-refractivity contribution >= 4 is 55.7 Å². The zero-order chi connectivity index (χ0) is 23.6. The number of thiophene rings is 1. The lowest BCUT2D eigenvalue weighted by Gasteiger charge is -2.16. The van der Waals surface area contributed by atoms with Gasteiger partial charge >= 0.3 is 5.97 Å². The third kappa shape index (κ3) is 5.17. The Labute approximate surface area is 204 Å². The van der Waals surface area contributed by atoms with E-state index in [4.69, 9.17) is 21.1 Å². The molecule has 0 saturated heterocycles. The summed E-state index contributed by atoms with van der Waals surface area (Å²) in [5.74, 6) is -0.331. The fourth-order valence-corrected chi connectivity index (χ4v) is 4.78. The van der Waals surface area contributed by atoms with E-state index >= 15 is 0 Å². The van der Waals surface area contributed by atoms with Crippen LogP contribution < -0.4 is 10.1 Å².